The van der Waals surface area contributed by atoms with E-state index in [1.165, 1.54) is 12.8 Å². The lowest BCUT2D eigenvalue weighted by Crippen LogP contribution is -2.38. The molecule has 1 rings (SSSR count). The molecular formula is C18H32BrIN4O2. The zero-order valence-electron chi connectivity index (χ0n) is 16.3. The van der Waals surface area contributed by atoms with E-state index >= 15 is 0 Å². The van der Waals surface area contributed by atoms with Gasteiger partial charge < -0.3 is 19.5 Å². The van der Waals surface area contributed by atoms with Crippen LogP contribution < -0.4 is 5.32 Å². The summed E-state index contributed by atoms with van der Waals surface area (Å²) in [7, 11) is 5.54. The molecule has 6 nitrogen and oxygen atoms in total. The van der Waals surface area contributed by atoms with E-state index in [9.17, 15) is 4.79 Å². The largest absolute Gasteiger partial charge is 0.469 e. The van der Waals surface area contributed by atoms with Crippen LogP contribution in [0, 0.1) is 0 Å². The van der Waals surface area contributed by atoms with Crippen LogP contribution in [-0.2, 0) is 23.1 Å². The van der Waals surface area contributed by atoms with Crippen LogP contribution in [0.25, 0.3) is 0 Å². The van der Waals surface area contributed by atoms with Crippen LogP contribution in [0.5, 0.6) is 0 Å². The standard InChI is InChI=1S/C18H31BrN4O2.HI/c1-5-20-18(21-11-9-7-6-8-10-17(24)25-4)23(3)14-16-12-15(19)13-22(16)2;/h12-13H,5-11,14H2,1-4H3,(H,20,21);1H. The molecule has 26 heavy (non-hydrogen) atoms. The predicted octanol–water partition coefficient (Wildman–Crippen LogP) is 3.93. The number of unbranched alkanes of at least 4 members (excludes halogenated alkanes) is 3. The van der Waals surface area contributed by atoms with Crippen LogP contribution in [0.15, 0.2) is 21.7 Å². The fourth-order valence-electron chi connectivity index (χ4n) is 2.53. The third-order valence-electron chi connectivity index (χ3n) is 3.95. The Kier molecular flexibility index (Phi) is 13.9. The number of halogens is 2. The number of aromatic nitrogens is 1. The third kappa shape index (κ3) is 9.80. The summed E-state index contributed by atoms with van der Waals surface area (Å²) in [5.41, 5.74) is 1.22. The maximum Gasteiger partial charge on any atom is 0.305 e. The summed E-state index contributed by atoms with van der Waals surface area (Å²) in [5, 5.41) is 3.35. The number of rotatable bonds is 10. The van der Waals surface area contributed by atoms with Crippen molar-refractivity contribution in [2.24, 2.45) is 12.0 Å². The summed E-state index contributed by atoms with van der Waals surface area (Å²) in [6, 6.07) is 2.13. The molecule has 0 aliphatic heterocycles. The highest BCUT2D eigenvalue weighted by Crippen LogP contribution is 2.15. The summed E-state index contributed by atoms with van der Waals surface area (Å²) in [4.78, 5) is 17.9. The van der Waals surface area contributed by atoms with Gasteiger partial charge in [0.1, 0.15) is 0 Å². The number of esters is 1. The van der Waals surface area contributed by atoms with Gasteiger partial charge in [-0.25, -0.2) is 0 Å². The number of nitrogens with zero attached hydrogens (tertiary/aromatic N) is 3. The van der Waals surface area contributed by atoms with Crippen LogP contribution in [0.1, 0.15) is 44.7 Å². The normalized spacial score (nSPS) is 11.0. The van der Waals surface area contributed by atoms with Crippen molar-refractivity contribution in [2.75, 3.05) is 27.2 Å². The number of aliphatic imine (C=N–C) groups is 1. The van der Waals surface area contributed by atoms with Crippen LogP contribution in [-0.4, -0.2) is 48.6 Å². The molecule has 0 radical (unpaired) electrons. The maximum absolute atomic E-state index is 11.0. The van der Waals surface area contributed by atoms with E-state index in [0.29, 0.717) is 6.42 Å². The van der Waals surface area contributed by atoms with E-state index in [1.807, 2.05) is 7.05 Å². The second kappa shape index (κ2) is 14.3. The van der Waals surface area contributed by atoms with Gasteiger partial charge in [-0.1, -0.05) is 12.8 Å². The molecule has 150 valence electrons. The molecule has 1 aromatic rings. The van der Waals surface area contributed by atoms with Crippen molar-refractivity contribution in [2.45, 2.75) is 45.6 Å². The fourth-order valence-corrected chi connectivity index (χ4v) is 3.10. The van der Waals surface area contributed by atoms with Crippen LogP contribution >= 0.6 is 39.9 Å². The van der Waals surface area contributed by atoms with Crippen molar-refractivity contribution in [1.29, 1.82) is 0 Å². The van der Waals surface area contributed by atoms with E-state index in [1.54, 1.807) is 0 Å². The summed E-state index contributed by atoms with van der Waals surface area (Å²) in [6.07, 6.45) is 6.60. The van der Waals surface area contributed by atoms with Gasteiger partial charge in [-0.05, 0) is 41.8 Å². The molecule has 1 N–H and O–H groups in total. The lowest BCUT2D eigenvalue weighted by atomic mass is 10.1. The highest BCUT2D eigenvalue weighted by molar-refractivity contribution is 14.0. The van der Waals surface area contributed by atoms with Crippen LogP contribution in [0.2, 0.25) is 0 Å². The van der Waals surface area contributed by atoms with E-state index in [4.69, 9.17) is 4.99 Å². The fraction of sp³-hybridized carbons (Fsp3) is 0.667. The van der Waals surface area contributed by atoms with Crippen molar-refractivity contribution in [3.8, 4) is 0 Å². The molecule has 8 heteroatoms. The van der Waals surface area contributed by atoms with Gasteiger partial charge in [0.05, 0.1) is 13.7 Å². The molecule has 0 aromatic carbocycles. The van der Waals surface area contributed by atoms with Gasteiger partial charge in [-0.15, -0.1) is 24.0 Å². The van der Waals surface area contributed by atoms with Crippen molar-refractivity contribution in [1.82, 2.24) is 14.8 Å². The van der Waals surface area contributed by atoms with Crippen molar-refractivity contribution in [3.05, 3.63) is 22.4 Å². The molecule has 0 unspecified atom stereocenters. The lowest BCUT2D eigenvalue weighted by Gasteiger charge is -2.22. The average molecular weight is 543 g/mol. The molecule has 0 bridgehead atoms. The number of hydrogen-bond donors (Lipinski definition) is 1. The van der Waals surface area contributed by atoms with E-state index in [-0.39, 0.29) is 29.9 Å². The van der Waals surface area contributed by atoms with Gasteiger partial charge in [-0.3, -0.25) is 9.79 Å². The van der Waals surface area contributed by atoms with Crippen molar-refractivity contribution >= 4 is 51.8 Å². The van der Waals surface area contributed by atoms with E-state index < -0.39 is 0 Å². The third-order valence-corrected chi connectivity index (χ3v) is 4.38. The number of ether oxygens (including phenoxy) is 1. The number of nitrogens with one attached hydrogen (secondary N) is 1. The highest BCUT2D eigenvalue weighted by Gasteiger charge is 2.09. The average Bonchev–Trinajstić information content (AvgIpc) is 2.89. The molecule has 0 fully saturated rings. The van der Waals surface area contributed by atoms with E-state index in [2.05, 4.69) is 61.7 Å². The number of carbonyl (C=O) groups is 1. The van der Waals surface area contributed by atoms with Crippen molar-refractivity contribution < 1.29 is 9.53 Å². The summed E-state index contributed by atoms with van der Waals surface area (Å²) in [6.45, 7) is 4.52. The summed E-state index contributed by atoms with van der Waals surface area (Å²) in [5.74, 6) is 0.802. The molecule has 0 saturated heterocycles. The zero-order valence-corrected chi connectivity index (χ0v) is 20.2. The quantitative estimate of drug-likeness (QED) is 0.160. The van der Waals surface area contributed by atoms with Gasteiger partial charge in [0.2, 0.25) is 0 Å². The minimum absolute atomic E-state index is 0. The number of carbonyl (C=O) groups excluding carboxylic acids is 1. The molecule has 1 aromatic heterocycles. The number of guanidine groups is 1. The Hall–Kier alpha value is -0.770. The van der Waals surface area contributed by atoms with E-state index in [0.717, 1.165) is 55.7 Å². The Morgan fingerprint density at radius 2 is 2.04 bits per heavy atom. The molecule has 1 heterocycles. The maximum atomic E-state index is 11.0. The molecule has 0 aliphatic carbocycles. The molecule has 0 saturated carbocycles. The van der Waals surface area contributed by atoms with Crippen LogP contribution in [0.3, 0.4) is 0 Å². The molecule has 0 spiro atoms. The summed E-state index contributed by atoms with van der Waals surface area (Å²) < 4.78 is 7.85. The molecular weight excluding hydrogens is 511 g/mol. The topological polar surface area (TPSA) is 58.9 Å². The first-order valence-electron chi connectivity index (χ1n) is 8.85. The highest BCUT2D eigenvalue weighted by atomic mass is 127. The monoisotopic (exact) mass is 542 g/mol. The first-order valence-corrected chi connectivity index (χ1v) is 9.64. The Morgan fingerprint density at radius 3 is 2.62 bits per heavy atom. The van der Waals surface area contributed by atoms with Gasteiger partial charge >= 0.3 is 5.97 Å². The second-order valence-electron chi connectivity index (χ2n) is 6.09. The summed E-state index contributed by atoms with van der Waals surface area (Å²) >= 11 is 3.51. The predicted molar refractivity (Wildman–Crippen MR) is 121 cm³/mol. The molecule has 0 atom stereocenters. The minimum Gasteiger partial charge on any atom is -0.469 e. The van der Waals surface area contributed by atoms with Crippen molar-refractivity contribution in [3.63, 3.8) is 0 Å². The van der Waals surface area contributed by atoms with Gasteiger partial charge in [-0.2, -0.15) is 0 Å². The second-order valence-corrected chi connectivity index (χ2v) is 7.01. The lowest BCUT2D eigenvalue weighted by molar-refractivity contribution is -0.140. The smallest absolute Gasteiger partial charge is 0.305 e. The van der Waals surface area contributed by atoms with Gasteiger partial charge in [0.25, 0.3) is 0 Å². The minimum atomic E-state index is -0.124. The SMILES string of the molecule is CCNC(=NCCCCCCC(=O)OC)N(C)Cc1cc(Br)cn1C.I. The van der Waals surface area contributed by atoms with Gasteiger partial charge in [0.15, 0.2) is 5.96 Å². The number of methoxy groups -OCH3 is 1. The Balaban J connectivity index is 0.00000625. The zero-order chi connectivity index (χ0) is 18.7. The van der Waals surface area contributed by atoms with Gasteiger partial charge in [0, 0.05) is 50.0 Å². The first-order chi connectivity index (χ1) is 12.0. The van der Waals surface area contributed by atoms with Crippen LogP contribution in [0.4, 0.5) is 0 Å². The molecule has 0 aliphatic rings. The first kappa shape index (κ1) is 25.2. The Labute approximate surface area is 182 Å². The molecule has 0 amide bonds. The Bertz CT molecular complexity index is 563. The number of hydrogen-bond acceptors (Lipinski definition) is 3. The number of aryl methyl sites for hydroxylation is 1. The Morgan fingerprint density at radius 1 is 1.35 bits per heavy atom.